The number of hydrogen-bond acceptors (Lipinski definition) is 5. The zero-order chi connectivity index (χ0) is 21.3. The van der Waals surface area contributed by atoms with Gasteiger partial charge in [-0.1, -0.05) is 35.9 Å². The Balaban J connectivity index is 1.53. The number of hydrogen-bond donors (Lipinski definition) is 0. The van der Waals surface area contributed by atoms with Crippen LogP contribution in [0, 0.1) is 6.92 Å². The van der Waals surface area contributed by atoms with E-state index in [1.165, 1.54) is 10.2 Å². The molecule has 0 spiro atoms. The Kier molecular flexibility index (Phi) is 6.11. The molecule has 4 rings (SSSR count). The molecule has 2 saturated heterocycles. The second-order valence-electron chi connectivity index (χ2n) is 8.09. The predicted octanol–water partition coefficient (Wildman–Crippen LogP) is 3.14. The molecule has 0 radical (unpaired) electrons. The van der Waals surface area contributed by atoms with Crippen molar-refractivity contribution in [3.63, 3.8) is 0 Å². The molecule has 0 aliphatic carbocycles. The van der Waals surface area contributed by atoms with E-state index in [0.29, 0.717) is 25.4 Å². The van der Waals surface area contributed by atoms with E-state index in [2.05, 4.69) is 18.1 Å². The minimum atomic E-state index is -0.372. The number of benzene rings is 1. The first-order chi connectivity index (χ1) is 14.5. The lowest BCUT2D eigenvalue weighted by molar-refractivity contribution is -0.132. The van der Waals surface area contributed by atoms with Gasteiger partial charge in [-0.05, 0) is 44.2 Å². The summed E-state index contributed by atoms with van der Waals surface area (Å²) in [5.74, 6) is 0.00668. The molecule has 0 saturated carbocycles. The molecule has 2 aromatic rings. The molecule has 7 nitrogen and oxygen atoms in total. The largest absolute Gasteiger partial charge is 0.356 e. The van der Waals surface area contributed by atoms with Crippen LogP contribution >= 0.6 is 11.6 Å². The molecule has 2 aliphatic heterocycles. The van der Waals surface area contributed by atoms with E-state index in [0.717, 1.165) is 24.8 Å². The second-order valence-corrected chi connectivity index (χ2v) is 8.47. The van der Waals surface area contributed by atoms with Crippen LogP contribution in [0.4, 0.5) is 5.69 Å². The van der Waals surface area contributed by atoms with Crippen molar-refractivity contribution < 1.29 is 9.53 Å². The number of piperazine rings is 1. The van der Waals surface area contributed by atoms with E-state index in [1.807, 2.05) is 34.9 Å². The Morgan fingerprint density at radius 1 is 1.23 bits per heavy atom. The number of halogens is 1. The van der Waals surface area contributed by atoms with Gasteiger partial charge in [0.25, 0.3) is 5.56 Å². The summed E-state index contributed by atoms with van der Waals surface area (Å²) in [5.41, 5.74) is 2.44. The predicted molar refractivity (Wildman–Crippen MR) is 116 cm³/mol. The van der Waals surface area contributed by atoms with E-state index in [9.17, 15) is 9.59 Å². The topological polar surface area (TPSA) is 67.7 Å². The van der Waals surface area contributed by atoms with Crippen LogP contribution in [0.2, 0.25) is 5.02 Å². The third-order valence-electron chi connectivity index (χ3n) is 5.96. The number of anilines is 1. The number of ether oxygens (including phenoxy) is 1. The molecule has 0 N–H and O–H groups in total. The van der Waals surface area contributed by atoms with Crippen molar-refractivity contribution in [1.82, 2.24) is 14.7 Å². The zero-order valence-corrected chi connectivity index (χ0v) is 18.1. The van der Waals surface area contributed by atoms with E-state index < -0.39 is 0 Å². The van der Waals surface area contributed by atoms with Gasteiger partial charge in [-0.2, -0.15) is 9.78 Å². The van der Waals surface area contributed by atoms with Gasteiger partial charge in [0, 0.05) is 25.7 Å². The molecular weight excluding hydrogens is 404 g/mol. The Hall–Kier alpha value is -2.38. The van der Waals surface area contributed by atoms with Crippen molar-refractivity contribution in [2.24, 2.45) is 0 Å². The van der Waals surface area contributed by atoms with Gasteiger partial charge in [-0.25, -0.2) is 0 Å². The van der Waals surface area contributed by atoms with Gasteiger partial charge >= 0.3 is 0 Å². The fourth-order valence-electron chi connectivity index (χ4n) is 4.15. The maximum Gasteiger partial charge on any atom is 0.290 e. The number of nitrogens with zero attached hydrogens (tertiary/aromatic N) is 4. The van der Waals surface area contributed by atoms with E-state index in [1.54, 1.807) is 6.20 Å². The lowest BCUT2D eigenvalue weighted by Gasteiger charge is -2.41. The molecule has 2 aliphatic rings. The molecule has 3 heterocycles. The van der Waals surface area contributed by atoms with Crippen molar-refractivity contribution in [2.75, 3.05) is 24.6 Å². The first-order valence-corrected chi connectivity index (χ1v) is 10.8. The molecule has 1 aromatic heterocycles. The van der Waals surface area contributed by atoms with Crippen LogP contribution < -0.4 is 10.5 Å². The highest BCUT2D eigenvalue weighted by Gasteiger charge is 2.32. The van der Waals surface area contributed by atoms with Crippen molar-refractivity contribution in [3.8, 4) is 0 Å². The third-order valence-corrected chi connectivity index (χ3v) is 6.32. The first-order valence-electron chi connectivity index (χ1n) is 10.4. The maximum atomic E-state index is 12.9. The number of aryl methyl sites for hydroxylation is 1. The van der Waals surface area contributed by atoms with Gasteiger partial charge < -0.3 is 14.5 Å². The summed E-state index contributed by atoms with van der Waals surface area (Å²) < 4.78 is 7.00. The van der Waals surface area contributed by atoms with Gasteiger partial charge in [-0.15, -0.1) is 0 Å². The van der Waals surface area contributed by atoms with Crippen molar-refractivity contribution in [2.45, 2.75) is 51.9 Å². The standard InChI is InChI=1S/C22H27ClN4O3/c1-15-7-3-4-8-17(15)13-25-12-16(2)26(14-19(25)28)18-11-24-27(22(29)21(18)23)20-9-5-6-10-30-20/h3-4,7-8,11,16,20H,5-6,9-10,12-14H2,1-2H3. The number of amides is 1. The number of carbonyl (C=O) groups is 1. The summed E-state index contributed by atoms with van der Waals surface area (Å²) in [7, 11) is 0. The number of rotatable bonds is 4. The van der Waals surface area contributed by atoms with E-state index in [4.69, 9.17) is 16.3 Å². The second kappa shape index (κ2) is 8.78. The summed E-state index contributed by atoms with van der Waals surface area (Å²) in [6.07, 6.45) is 3.94. The van der Waals surface area contributed by atoms with E-state index >= 15 is 0 Å². The summed E-state index contributed by atoms with van der Waals surface area (Å²) in [6.45, 7) is 6.00. The highest BCUT2D eigenvalue weighted by atomic mass is 35.5. The summed E-state index contributed by atoms with van der Waals surface area (Å²) >= 11 is 6.46. The molecule has 160 valence electrons. The van der Waals surface area contributed by atoms with Gasteiger partial charge in [-0.3, -0.25) is 9.59 Å². The summed E-state index contributed by atoms with van der Waals surface area (Å²) in [5, 5.41) is 4.41. The molecule has 8 heteroatoms. The molecule has 1 aromatic carbocycles. The van der Waals surface area contributed by atoms with Crippen LogP contribution in [0.1, 0.15) is 43.5 Å². The van der Waals surface area contributed by atoms with Crippen LogP contribution in [-0.4, -0.2) is 46.3 Å². The lowest BCUT2D eigenvalue weighted by atomic mass is 10.1. The molecule has 2 atom stereocenters. The maximum absolute atomic E-state index is 12.9. The van der Waals surface area contributed by atoms with Gasteiger partial charge in [0.15, 0.2) is 6.23 Å². The lowest BCUT2D eigenvalue weighted by Crippen LogP contribution is -2.55. The normalized spacial score (nSPS) is 22.4. The summed E-state index contributed by atoms with van der Waals surface area (Å²) in [6, 6.07) is 8.09. The molecule has 30 heavy (non-hydrogen) atoms. The molecule has 1 amide bonds. The van der Waals surface area contributed by atoms with Gasteiger partial charge in [0.2, 0.25) is 5.91 Å². The van der Waals surface area contributed by atoms with Crippen LogP contribution in [-0.2, 0) is 16.1 Å². The fourth-order valence-corrected chi connectivity index (χ4v) is 4.39. The molecule has 2 fully saturated rings. The Labute approximate surface area is 181 Å². The third kappa shape index (κ3) is 4.09. The smallest absolute Gasteiger partial charge is 0.290 e. The average Bonchev–Trinajstić information content (AvgIpc) is 2.75. The van der Waals surface area contributed by atoms with E-state index in [-0.39, 0.29) is 35.3 Å². The Bertz CT molecular complexity index is 987. The minimum absolute atomic E-state index is 0.00667. The Morgan fingerprint density at radius 3 is 2.77 bits per heavy atom. The monoisotopic (exact) mass is 430 g/mol. The van der Waals surface area contributed by atoms with Crippen molar-refractivity contribution >= 4 is 23.2 Å². The zero-order valence-electron chi connectivity index (χ0n) is 17.4. The van der Waals surface area contributed by atoms with Crippen molar-refractivity contribution in [3.05, 3.63) is 57.0 Å². The number of carbonyl (C=O) groups excluding carboxylic acids is 1. The molecular formula is C22H27ClN4O3. The van der Waals surface area contributed by atoms with Gasteiger partial charge in [0.05, 0.1) is 18.4 Å². The van der Waals surface area contributed by atoms with Crippen LogP contribution in [0.3, 0.4) is 0 Å². The Morgan fingerprint density at radius 2 is 2.03 bits per heavy atom. The molecule has 0 bridgehead atoms. The number of aromatic nitrogens is 2. The fraction of sp³-hybridized carbons (Fsp3) is 0.500. The quantitative estimate of drug-likeness (QED) is 0.745. The van der Waals surface area contributed by atoms with Gasteiger partial charge in [0.1, 0.15) is 5.02 Å². The van der Waals surface area contributed by atoms with Crippen LogP contribution in [0.25, 0.3) is 0 Å². The highest BCUT2D eigenvalue weighted by molar-refractivity contribution is 6.33. The highest BCUT2D eigenvalue weighted by Crippen LogP contribution is 2.28. The first kappa shape index (κ1) is 20.9. The average molecular weight is 431 g/mol. The molecule has 2 unspecified atom stereocenters. The summed E-state index contributed by atoms with van der Waals surface area (Å²) in [4.78, 5) is 29.4. The van der Waals surface area contributed by atoms with Crippen LogP contribution in [0.5, 0.6) is 0 Å². The van der Waals surface area contributed by atoms with Crippen molar-refractivity contribution in [1.29, 1.82) is 0 Å². The SMILES string of the molecule is Cc1ccccc1CN1CC(C)N(c2cnn(C3CCCCO3)c(=O)c2Cl)CC1=O. The minimum Gasteiger partial charge on any atom is -0.356 e. The van der Waals surface area contributed by atoms with Crippen LogP contribution in [0.15, 0.2) is 35.3 Å².